The third-order valence-corrected chi connectivity index (χ3v) is 1.65. The largest absolute Gasteiger partial charge is 0.394 e. The lowest BCUT2D eigenvalue weighted by Gasteiger charge is -2.01. The molecular formula is C7H8N6. The summed E-state index contributed by atoms with van der Waals surface area (Å²) in [5.41, 5.74) is 12.4. The average molecular weight is 176 g/mol. The van der Waals surface area contributed by atoms with E-state index in [2.05, 4.69) is 15.3 Å². The predicted molar refractivity (Wildman–Crippen MR) is 48.0 cm³/mol. The van der Waals surface area contributed by atoms with Gasteiger partial charge in [-0.1, -0.05) is 0 Å². The first kappa shape index (κ1) is 7.53. The van der Waals surface area contributed by atoms with Crippen LogP contribution in [-0.4, -0.2) is 20.0 Å². The highest BCUT2D eigenvalue weighted by molar-refractivity contribution is 5.60. The van der Waals surface area contributed by atoms with E-state index in [9.17, 15) is 0 Å². The molecule has 0 bridgehead atoms. The molecule has 0 atom stereocenters. The van der Waals surface area contributed by atoms with Crippen LogP contribution in [0, 0.1) is 0 Å². The minimum Gasteiger partial charge on any atom is -0.394 e. The summed E-state index contributed by atoms with van der Waals surface area (Å²) in [4.78, 5) is 0. The Morgan fingerprint density at radius 1 is 1.15 bits per heavy atom. The van der Waals surface area contributed by atoms with Gasteiger partial charge in [0.05, 0.1) is 30.0 Å². The molecule has 0 aliphatic carbocycles. The monoisotopic (exact) mass is 176 g/mol. The van der Waals surface area contributed by atoms with Crippen molar-refractivity contribution in [3.05, 3.63) is 24.7 Å². The van der Waals surface area contributed by atoms with Crippen LogP contribution in [0.4, 0.5) is 11.5 Å². The SMILES string of the molecule is Nc1cnn(-c2ccnnc2)c1N. The third kappa shape index (κ3) is 1.18. The Balaban J connectivity index is 2.53. The van der Waals surface area contributed by atoms with Crippen molar-refractivity contribution >= 4 is 11.5 Å². The van der Waals surface area contributed by atoms with E-state index in [1.807, 2.05) is 0 Å². The van der Waals surface area contributed by atoms with E-state index >= 15 is 0 Å². The number of anilines is 2. The lowest BCUT2D eigenvalue weighted by Crippen LogP contribution is -2.03. The van der Waals surface area contributed by atoms with E-state index in [0.29, 0.717) is 11.5 Å². The molecule has 0 radical (unpaired) electrons. The second kappa shape index (κ2) is 2.74. The van der Waals surface area contributed by atoms with Gasteiger partial charge in [-0.05, 0) is 6.07 Å². The molecule has 66 valence electrons. The number of nitrogens with two attached hydrogens (primary N) is 2. The van der Waals surface area contributed by atoms with Crippen molar-refractivity contribution in [3.63, 3.8) is 0 Å². The summed E-state index contributed by atoms with van der Waals surface area (Å²) in [5, 5.41) is 11.3. The fraction of sp³-hybridized carbons (Fsp3) is 0. The van der Waals surface area contributed by atoms with E-state index in [-0.39, 0.29) is 0 Å². The number of hydrogen-bond donors (Lipinski definition) is 2. The summed E-state index contributed by atoms with van der Waals surface area (Å²) in [6.45, 7) is 0. The maximum atomic E-state index is 5.66. The predicted octanol–water partition coefficient (Wildman–Crippen LogP) is -0.173. The van der Waals surface area contributed by atoms with Gasteiger partial charge in [-0.25, -0.2) is 4.68 Å². The Hall–Kier alpha value is -2.11. The first-order valence-electron chi connectivity index (χ1n) is 3.65. The standard InChI is InChI=1S/C7H8N6/c8-6-4-12-13(7(6)9)5-1-2-10-11-3-5/h1-4H,8-9H2. The van der Waals surface area contributed by atoms with Gasteiger partial charge in [-0.2, -0.15) is 15.3 Å². The topological polar surface area (TPSA) is 95.6 Å². The molecule has 0 aliphatic rings. The number of nitrogen functional groups attached to an aromatic ring is 2. The molecule has 0 saturated heterocycles. The van der Waals surface area contributed by atoms with Crippen molar-refractivity contribution in [2.24, 2.45) is 0 Å². The zero-order valence-corrected chi connectivity index (χ0v) is 6.75. The molecule has 0 saturated carbocycles. The van der Waals surface area contributed by atoms with E-state index in [4.69, 9.17) is 11.5 Å². The molecule has 0 unspecified atom stereocenters. The van der Waals surface area contributed by atoms with Crippen LogP contribution in [0.3, 0.4) is 0 Å². The fourth-order valence-electron chi connectivity index (χ4n) is 0.985. The molecule has 13 heavy (non-hydrogen) atoms. The van der Waals surface area contributed by atoms with Crippen LogP contribution in [0.1, 0.15) is 0 Å². The van der Waals surface area contributed by atoms with Gasteiger partial charge in [-0.15, -0.1) is 0 Å². The lowest BCUT2D eigenvalue weighted by atomic mass is 10.4. The Labute approximate surface area is 74.2 Å². The second-order valence-electron chi connectivity index (χ2n) is 2.50. The lowest BCUT2D eigenvalue weighted by molar-refractivity contribution is 0.868. The summed E-state index contributed by atoms with van der Waals surface area (Å²) >= 11 is 0. The minimum absolute atomic E-state index is 0.410. The highest BCUT2D eigenvalue weighted by atomic mass is 15.3. The molecule has 0 aromatic carbocycles. The Kier molecular flexibility index (Phi) is 1.59. The Morgan fingerprint density at radius 3 is 2.54 bits per heavy atom. The maximum Gasteiger partial charge on any atom is 0.150 e. The summed E-state index contributed by atoms with van der Waals surface area (Å²) in [7, 11) is 0. The van der Waals surface area contributed by atoms with Crippen LogP contribution in [0.15, 0.2) is 24.7 Å². The van der Waals surface area contributed by atoms with Crippen LogP contribution in [0.5, 0.6) is 0 Å². The average Bonchev–Trinajstić information content (AvgIpc) is 2.49. The maximum absolute atomic E-state index is 5.66. The third-order valence-electron chi connectivity index (χ3n) is 1.65. The van der Waals surface area contributed by atoms with Crippen molar-refractivity contribution in [1.29, 1.82) is 0 Å². The molecule has 2 aromatic heterocycles. The number of hydrogen-bond acceptors (Lipinski definition) is 5. The Bertz CT molecular complexity index is 406. The molecule has 0 aliphatic heterocycles. The van der Waals surface area contributed by atoms with Crippen LogP contribution in [-0.2, 0) is 0 Å². The zero-order valence-electron chi connectivity index (χ0n) is 6.75. The molecular weight excluding hydrogens is 168 g/mol. The quantitative estimate of drug-likeness (QED) is 0.628. The van der Waals surface area contributed by atoms with Gasteiger partial charge >= 0.3 is 0 Å². The van der Waals surface area contributed by atoms with Gasteiger partial charge in [0.2, 0.25) is 0 Å². The normalized spacial score (nSPS) is 10.2. The minimum atomic E-state index is 0.410. The first-order chi connectivity index (χ1) is 6.29. The van der Waals surface area contributed by atoms with Crippen LogP contribution >= 0.6 is 0 Å². The van der Waals surface area contributed by atoms with E-state index in [0.717, 1.165) is 5.69 Å². The van der Waals surface area contributed by atoms with E-state index in [1.54, 1.807) is 18.5 Å². The smallest absolute Gasteiger partial charge is 0.150 e. The van der Waals surface area contributed by atoms with Crippen molar-refractivity contribution in [3.8, 4) is 5.69 Å². The molecule has 2 rings (SSSR count). The van der Waals surface area contributed by atoms with Crippen LogP contribution in [0.2, 0.25) is 0 Å². The molecule has 6 nitrogen and oxygen atoms in total. The molecule has 6 heteroatoms. The molecule has 0 spiro atoms. The summed E-state index contributed by atoms with van der Waals surface area (Å²) in [6.07, 6.45) is 4.62. The van der Waals surface area contributed by atoms with Gasteiger partial charge in [0.1, 0.15) is 0 Å². The highest BCUT2D eigenvalue weighted by Gasteiger charge is 2.05. The number of rotatable bonds is 1. The highest BCUT2D eigenvalue weighted by Crippen LogP contribution is 2.16. The van der Waals surface area contributed by atoms with Crippen molar-refractivity contribution in [2.45, 2.75) is 0 Å². The van der Waals surface area contributed by atoms with Crippen molar-refractivity contribution < 1.29 is 0 Å². The van der Waals surface area contributed by atoms with Crippen LogP contribution in [0.25, 0.3) is 5.69 Å². The Morgan fingerprint density at radius 2 is 2.00 bits per heavy atom. The fourth-order valence-corrected chi connectivity index (χ4v) is 0.985. The van der Waals surface area contributed by atoms with Gasteiger partial charge in [0.15, 0.2) is 5.82 Å². The number of nitrogens with zero attached hydrogens (tertiary/aromatic N) is 4. The van der Waals surface area contributed by atoms with Gasteiger partial charge < -0.3 is 11.5 Å². The van der Waals surface area contributed by atoms with E-state index < -0.39 is 0 Å². The van der Waals surface area contributed by atoms with E-state index in [1.165, 1.54) is 10.9 Å². The summed E-state index contributed by atoms with van der Waals surface area (Å²) in [5.74, 6) is 0.410. The van der Waals surface area contributed by atoms with Crippen molar-refractivity contribution in [2.75, 3.05) is 11.5 Å². The summed E-state index contributed by atoms with van der Waals surface area (Å²) in [6, 6.07) is 1.75. The number of aromatic nitrogens is 4. The van der Waals surface area contributed by atoms with Gasteiger partial charge in [-0.3, -0.25) is 0 Å². The summed E-state index contributed by atoms with van der Waals surface area (Å²) < 4.78 is 1.50. The van der Waals surface area contributed by atoms with Gasteiger partial charge in [0, 0.05) is 0 Å². The molecule has 4 N–H and O–H groups in total. The molecule has 2 heterocycles. The van der Waals surface area contributed by atoms with Gasteiger partial charge in [0.25, 0.3) is 0 Å². The molecule has 0 fully saturated rings. The second-order valence-corrected chi connectivity index (χ2v) is 2.50. The van der Waals surface area contributed by atoms with Crippen LogP contribution < -0.4 is 11.5 Å². The van der Waals surface area contributed by atoms with Crippen molar-refractivity contribution in [1.82, 2.24) is 20.0 Å². The zero-order chi connectivity index (χ0) is 9.26. The molecule has 2 aromatic rings. The molecule has 0 amide bonds. The first-order valence-corrected chi connectivity index (χ1v) is 3.65.